The van der Waals surface area contributed by atoms with Crippen LogP contribution < -0.4 is 15.4 Å². The van der Waals surface area contributed by atoms with Crippen LogP contribution in [0.25, 0.3) is 0 Å². The molecule has 0 radical (unpaired) electrons. The van der Waals surface area contributed by atoms with E-state index in [1.54, 1.807) is 6.92 Å². The van der Waals surface area contributed by atoms with Gasteiger partial charge in [0.25, 0.3) is 0 Å². The lowest BCUT2D eigenvalue weighted by Crippen LogP contribution is -2.44. The third-order valence-electron chi connectivity index (χ3n) is 3.87. The second-order valence-electron chi connectivity index (χ2n) is 6.26. The van der Waals surface area contributed by atoms with Gasteiger partial charge in [0.05, 0.1) is 17.7 Å². The molecule has 4 N–H and O–H groups in total. The van der Waals surface area contributed by atoms with E-state index < -0.39 is 52.5 Å². The van der Waals surface area contributed by atoms with E-state index in [0.29, 0.717) is 6.42 Å². The topological polar surface area (TPSA) is 90.5 Å². The van der Waals surface area contributed by atoms with E-state index in [0.717, 1.165) is 24.3 Å². The van der Waals surface area contributed by atoms with Gasteiger partial charge in [0.2, 0.25) is 10.0 Å². The minimum Gasteiger partial charge on any atom is -0.361 e. The molecule has 1 aromatic carbocycles. The molecule has 0 aromatic heterocycles. The van der Waals surface area contributed by atoms with Gasteiger partial charge in [0, 0.05) is 18.3 Å². The molecule has 13 heteroatoms. The number of hydrogen-bond acceptors (Lipinski definition) is 5. The first-order valence-corrected chi connectivity index (χ1v) is 10.3. The van der Waals surface area contributed by atoms with Gasteiger partial charge in [-0.3, -0.25) is 5.32 Å². The Balaban J connectivity index is 2.46. The SMILES string of the molecule is CCC(CCNS(=O)(=O)CCC(F)(F)F)N[C@@H](O)Nc1ccc(C(F)(F)F)cc1. The first-order valence-electron chi connectivity index (χ1n) is 8.64. The van der Waals surface area contributed by atoms with Gasteiger partial charge in [-0.1, -0.05) is 6.92 Å². The van der Waals surface area contributed by atoms with Gasteiger partial charge in [-0.15, -0.1) is 0 Å². The molecule has 0 saturated heterocycles. The second-order valence-corrected chi connectivity index (χ2v) is 8.19. The fourth-order valence-electron chi connectivity index (χ4n) is 2.29. The molecule has 0 bridgehead atoms. The summed E-state index contributed by atoms with van der Waals surface area (Å²) in [5.41, 5.74) is -0.615. The van der Waals surface area contributed by atoms with E-state index in [4.69, 9.17) is 0 Å². The molecular weight excluding hydrogens is 428 g/mol. The predicted molar refractivity (Wildman–Crippen MR) is 95.4 cm³/mol. The third kappa shape index (κ3) is 10.7. The lowest BCUT2D eigenvalue weighted by molar-refractivity contribution is -0.137. The van der Waals surface area contributed by atoms with Crippen LogP contribution in [0, 0.1) is 0 Å². The van der Waals surface area contributed by atoms with Gasteiger partial charge in [0.1, 0.15) is 0 Å². The van der Waals surface area contributed by atoms with E-state index >= 15 is 0 Å². The summed E-state index contributed by atoms with van der Waals surface area (Å²) in [5, 5.41) is 15.2. The highest BCUT2D eigenvalue weighted by atomic mass is 32.2. The number of aliphatic hydroxyl groups excluding tert-OH is 1. The van der Waals surface area contributed by atoms with Crippen molar-refractivity contribution in [1.82, 2.24) is 10.0 Å². The molecular formula is C16H23F6N3O3S. The van der Waals surface area contributed by atoms with Crippen molar-refractivity contribution in [2.24, 2.45) is 0 Å². The van der Waals surface area contributed by atoms with Crippen LogP contribution in [-0.2, 0) is 16.2 Å². The predicted octanol–water partition coefficient (Wildman–Crippen LogP) is 3.02. The van der Waals surface area contributed by atoms with Crippen LogP contribution in [0.15, 0.2) is 24.3 Å². The maximum absolute atomic E-state index is 12.5. The van der Waals surface area contributed by atoms with Crippen molar-refractivity contribution in [2.75, 3.05) is 17.6 Å². The summed E-state index contributed by atoms with van der Waals surface area (Å²) in [6.45, 7) is 1.60. The van der Waals surface area contributed by atoms with E-state index in [9.17, 15) is 39.9 Å². The Morgan fingerprint density at radius 1 is 1.07 bits per heavy atom. The number of aliphatic hydroxyl groups is 1. The van der Waals surface area contributed by atoms with Crippen molar-refractivity contribution in [2.45, 2.75) is 50.9 Å². The Morgan fingerprint density at radius 3 is 2.14 bits per heavy atom. The zero-order valence-corrected chi connectivity index (χ0v) is 16.3. The summed E-state index contributed by atoms with van der Waals surface area (Å²) in [4.78, 5) is 0. The van der Waals surface area contributed by atoms with Crippen molar-refractivity contribution in [1.29, 1.82) is 0 Å². The number of sulfonamides is 1. The molecule has 0 aliphatic carbocycles. The molecule has 0 saturated carbocycles. The lowest BCUT2D eigenvalue weighted by atomic mass is 10.1. The number of anilines is 1. The number of alkyl halides is 6. The number of benzene rings is 1. The highest BCUT2D eigenvalue weighted by Gasteiger charge is 2.30. The summed E-state index contributed by atoms with van der Waals surface area (Å²) in [5.74, 6) is -1.07. The average molecular weight is 451 g/mol. The molecule has 0 aliphatic rings. The maximum Gasteiger partial charge on any atom is 0.416 e. The minimum absolute atomic E-state index is 0.140. The van der Waals surface area contributed by atoms with Crippen LogP contribution in [0.1, 0.15) is 31.7 Å². The Hall–Kier alpha value is -1.57. The zero-order valence-electron chi connectivity index (χ0n) is 15.4. The number of halogens is 6. The van der Waals surface area contributed by atoms with Crippen LogP contribution in [0.5, 0.6) is 0 Å². The summed E-state index contributed by atoms with van der Waals surface area (Å²) in [6.07, 6.45) is -11.2. The number of nitrogens with one attached hydrogen (secondary N) is 3. The largest absolute Gasteiger partial charge is 0.416 e. The zero-order chi connectivity index (χ0) is 22.3. The van der Waals surface area contributed by atoms with Gasteiger partial charge in [-0.2, -0.15) is 26.3 Å². The molecule has 29 heavy (non-hydrogen) atoms. The Labute approximate surface area is 164 Å². The normalized spacial score (nSPS) is 15.2. The standard InChI is InChI=1S/C16H23F6N3O3S/c1-2-12(7-9-23-29(27,28)10-8-15(17,18)19)24-14(26)25-13-5-3-11(4-6-13)16(20,21)22/h3-6,12,14,23-26H,2,7-10H2,1H3/t12?,14-/m1/s1. The van der Waals surface area contributed by atoms with Crippen LogP contribution in [-0.4, -0.2) is 44.4 Å². The van der Waals surface area contributed by atoms with Crippen LogP contribution in [0.2, 0.25) is 0 Å². The highest BCUT2D eigenvalue weighted by Crippen LogP contribution is 2.29. The number of rotatable bonds is 11. The fourth-order valence-corrected chi connectivity index (χ4v) is 3.37. The summed E-state index contributed by atoms with van der Waals surface area (Å²) in [7, 11) is -4.08. The smallest absolute Gasteiger partial charge is 0.361 e. The molecule has 1 rings (SSSR count). The van der Waals surface area contributed by atoms with Crippen molar-refractivity contribution in [3.8, 4) is 0 Å². The molecule has 6 nitrogen and oxygen atoms in total. The first-order chi connectivity index (χ1) is 13.2. The summed E-state index contributed by atoms with van der Waals surface area (Å²) < 4.78 is 99.0. The van der Waals surface area contributed by atoms with Crippen LogP contribution in [0.4, 0.5) is 32.0 Å². The molecule has 0 aliphatic heterocycles. The number of hydrogen-bond donors (Lipinski definition) is 4. The van der Waals surface area contributed by atoms with Crippen LogP contribution in [0.3, 0.4) is 0 Å². The van der Waals surface area contributed by atoms with E-state index in [2.05, 4.69) is 15.4 Å². The molecule has 0 heterocycles. The molecule has 0 fully saturated rings. The molecule has 1 aromatic rings. The minimum atomic E-state index is -4.57. The highest BCUT2D eigenvalue weighted by molar-refractivity contribution is 7.89. The maximum atomic E-state index is 12.5. The fraction of sp³-hybridized carbons (Fsp3) is 0.625. The molecule has 1 unspecified atom stereocenters. The summed E-state index contributed by atoms with van der Waals surface area (Å²) >= 11 is 0. The quantitative estimate of drug-likeness (QED) is 0.307. The van der Waals surface area contributed by atoms with Gasteiger partial charge in [0.15, 0.2) is 6.35 Å². The second kappa shape index (κ2) is 10.5. The van der Waals surface area contributed by atoms with Crippen molar-refractivity contribution in [3.05, 3.63) is 29.8 Å². The van der Waals surface area contributed by atoms with E-state index in [-0.39, 0.29) is 18.7 Å². The average Bonchev–Trinajstić information content (AvgIpc) is 2.58. The van der Waals surface area contributed by atoms with Crippen LogP contribution >= 0.6 is 0 Å². The van der Waals surface area contributed by atoms with Gasteiger partial charge >= 0.3 is 12.4 Å². The Kier molecular flexibility index (Phi) is 9.18. The van der Waals surface area contributed by atoms with E-state index in [1.807, 2.05) is 0 Å². The molecule has 0 spiro atoms. The van der Waals surface area contributed by atoms with Gasteiger partial charge in [-0.05, 0) is 37.1 Å². The third-order valence-corrected chi connectivity index (χ3v) is 5.26. The Bertz CT molecular complexity index is 723. The lowest BCUT2D eigenvalue weighted by Gasteiger charge is -2.23. The van der Waals surface area contributed by atoms with Gasteiger partial charge in [-0.25, -0.2) is 13.1 Å². The van der Waals surface area contributed by atoms with Crippen molar-refractivity contribution in [3.63, 3.8) is 0 Å². The van der Waals surface area contributed by atoms with Gasteiger partial charge < -0.3 is 10.4 Å². The van der Waals surface area contributed by atoms with E-state index in [1.165, 1.54) is 0 Å². The molecule has 0 amide bonds. The Morgan fingerprint density at radius 2 is 1.66 bits per heavy atom. The van der Waals surface area contributed by atoms with Crippen molar-refractivity contribution < 1.29 is 39.9 Å². The summed E-state index contributed by atoms with van der Waals surface area (Å²) in [6, 6.07) is 3.58. The first kappa shape index (κ1) is 25.5. The molecule has 2 atom stereocenters. The monoisotopic (exact) mass is 451 g/mol. The van der Waals surface area contributed by atoms with Crippen molar-refractivity contribution >= 4 is 15.7 Å². The molecule has 168 valence electrons.